The van der Waals surface area contributed by atoms with Gasteiger partial charge in [-0.05, 0) is 25.8 Å². The predicted molar refractivity (Wildman–Crippen MR) is 78.3 cm³/mol. The Labute approximate surface area is 116 Å². The van der Waals surface area contributed by atoms with Gasteiger partial charge in [-0.15, -0.1) is 0 Å². The number of ether oxygens (including phenoxy) is 1. The van der Waals surface area contributed by atoms with Gasteiger partial charge in [0.15, 0.2) is 0 Å². The lowest BCUT2D eigenvalue weighted by molar-refractivity contribution is 0.0668. The van der Waals surface area contributed by atoms with E-state index in [4.69, 9.17) is 4.74 Å². The Morgan fingerprint density at radius 3 is 3.26 bits per heavy atom. The second kappa shape index (κ2) is 7.46. The number of rotatable bonds is 5. The van der Waals surface area contributed by atoms with Gasteiger partial charge in [-0.1, -0.05) is 13.0 Å². The molecule has 2 heterocycles. The molecule has 0 radical (unpaired) electrons. The standard InChI is InChI=1S/C15H25N3O/c1-3-7-16-15-14(6-4-8-17-15)12-18-9-5-10-19-13(2)11-18/h4,6,8,13H,3,5,7,9-12H2,1-2H3,(H,16,17). The molecule has 106 valence electrons. The Morgan fingerprint density at radius 2 is 2.42 bits per heavy atom. The molecule has 0 bridgehead atoms. The molecule has 1 fully saturated rings. The van der Waals surface area contributed by atoms with Gasteiger partial charge in [0.1, 0.15) is 5.82 Å². The molecular formula is C15H25N3O. The fourth-order valence-corrected chi connectivity index (χ4v) is 2.43. The molecule has 4 nitrogen and oxygen atoms in total. The molecule has 0 amide bonds. The van der Waals surface area contributed by atoms with Crippen LogP contribution in [0, 0.1) is 0 Å². The molecule has 1 aliphatic heterocycles. The van der Waals surface area contributed by atoms with Crippen LogP contribution in [0.25, 0.3) is 0 Å². The molecule has 1 atom stereocenters. The smallest absolute Gasteiger partial charge is 0.130 e. The lowest BCUT2D eigenvalue weighted by atomic mass is 10.2. The molecular weight excluding hydrogens is 238 g/mol. The van der Waals surface area contributed by atoms with Gasteiger partial charge in [-0.25, -0.2) is 4.98 Å². The summed E-state index contributed by atoms with van der Waals surface area (Å²) in [6.45, 7) is 9.23. The molecule has 0 saturated carbocycles. The van der Waals surface area contributed by atoms with Crippen molar-refractivity contribution < 1.29 is 4.74 Å². The van der Waals surface area contributed by atoms with E-state index in [1.807, 2.05) is 12.3 Å². The predicted octanol–water partition coefficient (Wildman–Crippen LogP) is 2.51. The Morgan fingerprint density at radius 1 is 1.53 bits per heavy atom. The fourth-order valence-electron chi connectivity index (χ4n) is 2.43. The van der Waals surface area contributed by atoms with E-state index in [1.165, 1.54) is 5.56 Å². The highest BCUT2D eigenvalue weighted by Crippen LogP contribution is 2.16. The molecule has 0 spiro atoms. The van der Waals surface area contributed by atoms with Crippen molar-refractivity contribution in [1.29, 1.82) is 0 Å². The molecule has 19 heavy (non-hydrogen) atoms. The van der Waals surface area contributed by atoms with Crippen molar-refractivity contribution in [3.8, 4) is 0 Å². The first kappa shape index (κ1) is 14.3. The Kier molecular flexibility index (Phi) is 5.61. The zero-order valence-corrected chi connectivity index (χ0v) is 12.1. The summed E-state index contributed by atoms with van der Waals surface area (Å²) in [5.74, 6) is 1.03. The van der Waals surface area contributed by atoms with Crippen molar-refractivity contribution in [3.63, 3.8) is 0 Å². The normalized spacial score (nSPS) is 21.1. The van der Waals surface area contributed by atoms with E-state index in [-0.39, 0.29) is 0 Å². The molecule has 0 aliphatic carbocycles. The van der Waals surface area contributed by atoms with Crippen LogP contribution in [0.2, 0.25) is 0 Å². The van der Waals surface area contributed by atoms with E-state index in [0.29, 0.717) is 6.10 Å². The van der Waals surface area contributed by atoms with Crippen LogP contribution in [-0.2, 0) is 11.3 Å². The van der Waals surface area contributed by atoms with Crippen LogP contribution in [-0.4, -0.2) is 42.2 Å². The van der Waals surface area contributed by atoms with Crippen molar-refractivity contribution in [3.05, 3.63) is 23.9 Å². The highest BCUT2D eigenvalue weighted by molar-refractivity contribution is 5.43. The van der Waals surface area contributed by atoms with E-state index in [9.17, 15) is 0 Å². The van der Waals surface area contributed by atoms with Crippen LogP contribution < -0.4 is 5.32 Å². The first-order valence-corrected chi connectivity index (χ1v) is 7.31. The zero-order valence-electron chi connectivity index (χ0n) is 12.1. The van der Waals surface area contributed by atoms with Gasteiger partial charge < -0.3 is 10.1 Å². The molecule has 0 aromatic carbocycles. The number of hydrogen-bond acceptors (Lipinski definition) is 4. The first-order valence-electron chi connectivity index (χ1n) is 7.31. The van der Waals surface area contributed by atoms with Crippen molar-refractivity contribution in [2.24, 2.45) is 0 Å². The fraction of sp³-hybridized carbons (Fsp3) is 0.667. The number of pyridine rings is 1. The van der Waals surface area contributed by atoms with E-state index in [2.05, 4.69) is 35.1 Å². The summed E-state index contributed by atoms with van der Waals surface area (Å²) in [6, 6.07) is 4.19. The third kappa shape index (κ3) is 4.48. The highest BCUT2D eigenvalue weighted by Gasteiger charge is 2.16. The van der Waals surface area contributed by atoms with Crippen LogP contribution in [0.5, 0.6) is 0 Å². The van der Waals surface area contributed by atoms with Crippen LogP contribution in [0.15, 0.2) is 18.3 Å². The summed E-state index contributed by atoms with van der Waals surface area (Å²) in [7, 11) is 0. The first-order chi connectivity index (χ1) is 9.29. The average Bonchev–Trinajstić information content (AvgIpc) is 2.62. The van der Waals surface area contributed by atoms with Crippen molar-refractivity contribution in [2.45, 2.75) is 39.3 Å². The lowest BCUT2D eigenvalue weighted by Crippen LogP contribution is -2.30. The van der Waals surface area contributed by atoms with Gasteiger partial charge >= 0.3 is 0 Å². The molecule has 1 aliphatic rings. The summed E-state index contributed by atoms with van der Waals surface area (Å²) >= 11 is 0. The monoisotopic (exact) mass is 263 g/mol. The molecule has 2 rings (SSSR count). The minimum atomic E-state index is 0.325. The SMILES string of the molecule is CCCNc1ncccc1CN1CCCOC(C)C1. The van der Waals surface area contributed by atoms with Crippen LogP contribution >= 0.6 is 0 Å². The summed E-state index contributed by atoms with van der Waals surface area (Å²) in [6.07, 6.45) is 4.41. The summed E-state index contributed by atoms with van der Waals surface area (Å²) in [5, 5.41) is 3.41. The van der Waals surface area contributed by atoms with E-state index in [1.54, 1.807) is 0 Å². The maximum Gasteiger partial charge on any atom is 0.130 e. The Bertz CT molecular complexity index is 383. The quantitative estimate of drug-likeness (QED) is 0.886. The second-order valence-electron chi connectivity index (χ2n) is 5.21. The van der Waals surface area contributed by atoms with Crippen molar-refractivity contribution in [1.82, 2.24) is 9.88 Å². The van der Waals surface area contributed by atoms with E-state index >= 15 is 0 Å². The number of nitrogens with one attached hydrogen (secondary N) is 1. The molecule has 1 N–H and O–H groups in total. The Hall–Kier alpha value is -1.13. The summed E-state index contributed by atoms with van der Waals surface area (Å²) in [5.41, 5.74) is 1.28. The van der Waals surface area contributed by atoms with Gasteiger partial charge in [-0.3, -0.25) is 4.90 Å². The third-order valence-electron chi connectivity index (χ3n) is 3.36. The van der Waals surface area contributed by atoms with E-state index < -0.39 is 0 Å². The van der Waals surface area contributed by atoms with E-state index in [0.717, 1.165) is 51.4 Å². The van der Waals surface area contributed by atoms with Gasteiger partial charge in [-0.2, -0.15) is 0 Å². The summed E-state index contributed by atoms with van der Waals surface area (Å²) in [4.78, 5) is 6.92. The average molecular weight is 263 g/mol. The topological polar surface area (TPSA) is 37.4 Å². The molecule has 1 aromatic rings. The van der Waals surface area contributed by atoms with Gasteiger partial charge in [0.2, 0.25) is 0 Å². The zero-order chi connectivity index (χ0) is 13.5. The lowest BCUT2D eigenvalue weighted by Gasteiger charge is -2.22. The van der Waals surface area contributed by atoms with Crippen LogP contribution in [0.3, 0.4) is 0 Å². The van der Waals surface area contributed by atoms with Gasteiger partial charge in [0, 0.05) is 44.5 Å². The van der Waals surface area contributed by atoms with Crippen LogP contribution in [0.4, 0.5) is 5.82 Å². The third-order valence-corrected chi connectivity index (χ3v) is 3.36. The number of hydrogen-bond donors (Lipinski definition) is 1. The minimum absolute atomic E-state index is 0.325. The summed E-state index contributed by atoms with van der Waals surface area (Å²) < 4.78 is 5.69. The number of nitrogens with zero attached hydrogens (tertiary/aromatic N) is 2. The number of aromatic nitrogens is 1. The second-order valence-corrected chi connectivity index (χ2v) is 5.21. The van der Waals surface area contributed by atoms with Gasteiger partial charge in [0.05, 0.1) is 6.10 Å². The van der Waals surface area contributed by atoms with Crippen molar-refractivity contribution in [2.75, 3.05) is 31.6 Å². The van der Waals surface area contributed by atoms with Crippen molar-refractivity contribution >= 4 is 5.82 Å². The molecule has 4 heteroatoms. The maximum absolute atomic E-state index is 5.69. The molecule has 1 unspecified atom stereocenters. The maximum atomic E-state index is 5.69. The molecule has 1 aromatic heterocycles. The van der Waals surface area contributed by atoms with Crippen LogP contribution in [0.1, 0.15) is 32.3 Å². The highest BCUT2D eigenvalue weighted by atomic mass is 16.5. The minimum Gasteiger partial charge on any atom is -0.377 e. The Balaban J connectivity index is 2.00. The number of anilines is 1. The van der Waals surface area contributed by atoms with Gasteiger partial charge in [0.25, 0.3) is 0 Å². The molecule has 1 saturated heterocycles. The largest absolute Gasteiger partial charge is 0.377 e.